The van der Waals surface area contributed by atoms with Gasteiger partial charge in [-0.15, -0.1) is 0 Å². The Hall–Kier alpha value is -2.71. The molecule has 0 fully saturated rings. The molecule has 0 radical (unpaired) electrons. The molecule has 21 heavy (non-hydrogen) atoms. The van der Waals surface area contributed by atoms with Gasteiger partial charge in [-0.3, -0.25) is 4.79 Å². The van der Waals surface area contributed by atoms with Crippen LogP contribution in [0.4, 0.5) is 11.4 Å². The zero-order valence-electron chi connectivity index (χ0n) is 11.2. The molecule has 0 atom stereocenters. The second kappa shape index (κ2) is 6.16. The minimum atomic E-state index is -0.355. The number of methoxy groups -OCH3 is 1. The van der Waals surface area contributed by atoms with Crippen molar-refractivity contribution >= 4 is 28.9 Å². The Morgan fingerprint density at radius 3 is 2.76 bits per heavy atom. The summed E-state index contributed by atoms with van der Waals surface area (Å²) in [5.41, 5.74) is 7.26. The lowest BCUT2D eigenvalue weighted by atomic mass is 10.1. The van der Waals surface area contributed by atoms with Crippen molar-refractivity contribution in [2.45, 2.75) is 0 Å². The van der Waals surface area contributed by atoms with Crippen molar-refractivity contribution in [2.75, 3.05) is 18.2 Å². The van der Waals surface area contributed by atoms with E-state index in [-0.39, 0.29) is 5.91 Å². The summed E-state index contributed by atoms with van der Waals surface area (Å²) in [7, 11) is 1.49. The molecule has 0 aliphatic heterocycles. The normalized spacial score (nSPS) is 9.76. The van der Waals surface area contributed by atoms with Crippen molar-refractivity contribution in [1.82, 2.24) is 0 Å². The monoisotopic (exact) mass is 301 g/mol. The molecule has 1 amide bonds. The van der Waals surface area contributed by atoms with Crippen molar-refractivity contribution in [1.29, 1.82) is 5.26 Å². The number of rotatable bonds is 3. The highest BCUT2D eigenvalue weighted by atomic mass is 35.5. The highest BCUT2D eigenvalue weighted by Gasteiger charge is 2.10. The molecule has 106 valence electrons. The summed E-state index contributed by atoms with van der Waals surface area (Å²) in [6.45, 7) is 0. The van der Waals surface area contributed by atoms with E-state index >= 15 is 0 Å². The summed E-state index contributed by atoms with van der Waals surface area (Å²) in [4.78, 5) is 12.2. The SMILES string of the molecule is COc1cc(N)cc(C(=O)Nc2ccc(Cl)c(C#N)c2)c1. The molecule has 0 aromatic heterocycles. The molecule has 0 heterocycles. The van der Waals surface area contributed by atoms with Crippen molar-refractivity contribution < 1.29 is 9.53 Å². The van der Waals surface area contributed by atoms with Crippen LogP contribution < -0.4 is 15.8 Å². The summed E-state index contributed by atoms with van der Waals surface area (Å²) in [5.74, 6) is 0.140. The summed E-state index contributed by atoms with van der Waals surface area (Å²) in [6, 6.07) is 11.4. The van der Waals surface area contributed by atoms with Gasteiger partial charge < -0.3 is 15.8 Å². The second-order valence-corrected chi connectivity index (χ2v) is 4.66. The van der Waals surface area contributed by atoms with E-state index in [2.05, 4.69) is 5.32 Å². The lowest BCUT2D eigenvalue weighted by Crippen LogP contribution is -2.12. The molecule has 5 nitrogen and oxygen atoms in total. The Morgan fingerprint density at radius 1 is 1.33 bits per heavy atom. The lowest BCUT2D eigenvalue weighted by molar-refractivity contribution is 0.102. The highest BCUT2D eigenvalue weighted by molar-refractivity contribution is 6.31. The first kappa shape index (κ1) is 14.7. The number of hydrogen-bond donors (Lipinski definition) is 2. The van der Waals surface area contributed by atoms with Crippen LogP contribution in [0.2, 0.25) is 5.02 Å². The number of nitrogens with zero attached hydrogens (tertiary/aromatic N) is 1. The molecule has 3 N–H and O–H groups in total. The standard InChI is InChI=1S/C15H12ClN3O2/c1-21-13-6-9(4-11(18)7-13)15(20)19-12-2-3-14(16)10(5-12)8-17/h2-7H,18H2,1H3,(H,19,20). The van der Waals surface area contributed by atoms with E-state index in [0.717, 1.165) is 0 Å². The van der Waals surface area contributed by atoms with Gasteiger partial charge in [0.1, 0.15) is 11.8 Å². The molecule has 6 heteroatoms. The van der Waals surface area contributed by atoms with Gasteiger partial charge in [-0.05, 0) is 30.3 Å². The number of hydrogen-bond acceptors (Lipinski definition) is 4. The van der Waals surface area contributed by atoms with Gasteiger partial charge in [0.05, 0.1) is 17.7 Å². The number of nitrogens with one attached hydrogen (secondary N) is 1. The average Bonchev–Trinajstić information content (AvgIpc) is 2.48. The topological polar surface area (TPSA) is 88.1 Å². The fourth-order valence-electron chi connectivity index (χ4n) is 1.76. The van der Waals surface area contributed by atoms with Gasteiger partial charge >= 0.3 is 0 Å². The zero-order valence-corrected chi connectivity index (χ0v) is 11.9. The first-order chi connectivity index (χ1) is 10.0. The third-order valence-electron chi connectivity index (χ3n) is 2.77. The number of halogens is 1. The third kappa shape index (κ3) is 3.44. The number of ether oxygens (including phenoxy) is 1. The van der Waals surface area contributed by atoms with E-state index in [9.17, 15) is 4.79 Å². The lowest BCUT2D eigenvalue weighted by Gasteiger charge is -2.08. The number of nitrogen functional groups attached to an aromatic ring is 1. The van der Waals surface area contributed by atoms with Crippen LogP contribution in [0.5, 0.6) is 5.75 Å². The second-order valence-electron chi connectivity index (χ2n) is 4.26. The van der Waals surface area contributed by atoms with Gasteiger partial charge in [-0.1, -0.05) is 11.6 Å². The highest BCUT2D eigenvalue weighted by Crippen LogP contribution is 2.22. The fourth-order valence-corrected chi connectivity index (χ4v) is 1.92. The Bertz CT molecular complexity index is 738. The Labute approximate surface area is 126 Å². The Kier molecular flexibility index (Phi) is 4.31. The average molecular weight is 302 g/mol. The molecular formula is C15H12ClN3O2. The number of carbonyl (C=O) groups is 1. The van der Waals surface area contributed by atoms with E-state index in [1.807, 2.05) is 6.07 Å². The number of carbonyl (C=O) groups excluding carboxylic acids is 1. The van der Waals surface area contributed by atoms with Gasteiger partial charge in [0.15, 0.2) is 0 Å². The van der Waals surface area contributed by atoms with Crippen LogP contribution in [0.1, 0.15) is 15.9 Å². The number of nitrogens with two attached hydrogens (primary N) is 1. The van der Waals surface area contributed by atoms with Crippen LogP contribution >= 0.6 is 11.6 Å². The number of amides is 1. The van der Waals surface area contributed by atoms with Crippen LogP contribution in [0.3, 0.4) is 0 Å². The van der Waals surface area contributed by atoms with Crippen LogP contribution in [0.15, 0.2) is 36.4 Å². The number of nitriles is 1. The van der Waals surface area contributed by atoms with Gasteiger partial charge in [0.25, 0.3) is 5.91 Å². The minimum Gasteiger partial charge on any atom is -0.497 e. The molecule has 0 saturated heterocycles. The molecule has 2 aromatic rings. The van der Waals surface area contributed by atoms with Crippen molar-refractivity contribution in [2.24, 2.45) is 0 Å². The van der Waals surface area contributed by atoms with Crippen LogP contribution in [0.25, 0.3) is 0 Å². The molecule has 2 aromatic carbocycles. The third-order valence-corrected chi connectivity index (χ3v) is 3.10. The predicted octanol–water partition coefficient (Wildman–Crippen LogP) is 3.05. The molecular weight excluding hydrogens is 290 g/mol. The zero-order chi connectivity index (χ0) is 15.4. The number of benzene rings is 2. The maximum Gasteiger partial charge on any atom is 0.255 e. The van der Waals surface area contributed by atoms with E-state index in [4.69, 9.17) is 27.3 Å². The first-order valence-electron chi connectivity index (χ1n) is 5.99. The summed E-state index contributed by atoms with van der Waals surface area (Å²) in [6.07, 6.45) is 0. The first-order valence-corrected chi connectivity index (χ1v) is 6.37. The van der Waals surface area contributed by atoms with Crippen LogP contribution in [-0.2, 0) is 0 Å². The van der Waals surface area contributed by atoms with E-state index in [1.165, 1.54) is 13.2 Å². The molecule has 0 bridgehead atoms. The van der Waals surface area contributed by atoms with Crippen molar-refractivity contribution in [3.8, 4) is 11.8 Å². The van der Waals surface area contributed by atoms with E-state index in [1.54, 1.807) is 30.3 Å². The van der Waals surface area contributed by atoms with Gasteiger partial charge in [0, 0.05) is 23.0 Å². The van der Waals surface area contributed by atoms with Gasteiger partial charge in [-0.2, -0.15) is 5.26 Å². The molecule has 0 saturated carbocycles. The smallest absolute Gasteiger partial charge is 0.255 e. The van der Waals surface area contributed by atoms with Crippen molar-refractivity contribution in [3.05, 3.63) is 52.5 Å². The maximum atomic E-state index is 12.2. The minimum absolute atomic E-state index is 0.291. The van der Waals surface area contributed by atoms with Crippen LogP contribution in [0, 0.1) is 11.3 Å². The molecule has 0 unspecified atom stereocenters. The maximum absolute atomic E-state index is 12.2. The predicted molar refractivity (Wildman–Crippen MR) is 81.5 cm³/mol. The largest absolute Gasteiger partial charge is 0.497 e. The number of anilines is 2. The Balaban J connectivity index is 2.26. The molecule has 0 aliphatic carbocycles. The van der Waals surface area contributed by atoms with E-state index in [0.29, 0.717) is 33.3 Å². The van der Waals surface area contributed by atoms with E-state index < -0.39 is 0 Å². The van der Waals surface area contributed by atoms with Gasteiger partial charge in [0.2, 0.25) is 0 Å². The summed E-state index contributed by atoms with van der Waals surface area (Å²) in [5, 5.41) is 11.9. The van der Waals surface area contributed by atoms with Crippen molar-refractivity contribution in [3.63, 3.8) is 0 Å². The quantitative estimate of drug-likeness (QED) is 0.853. The molecule has 0 spiro atoms. The summed E-state index contributed by atoms with van der Waals surface area (Å²) < 4.78 is 5.07. The summed E-state index contributed by atoms with van der Waals surface area (Å²) >= 11 is 5.84. The van der Waals surface area contributed by atoms with Gasteiger partial charge in [-0.25, -0.2) is 0 Å². The molecule has 2 rings (SSSR count). The van der Waals surface area contributed by atoms with Crippen LogP contribution in [-0.4, -0.2) is 13.0 Å². The fraction of sp³-hybridized carbons (Fsp3) is 0.0667. The molecule has 0 aliphatic rings. The Morgan fingerprint density at radius 2 is 2.10 bits per heavy atom.